The van der Waals surface area contributed by atoms with Crippen molar-refractivity contribution in [2.45, 2.75) is 0 Å². The molecule has 0 aliphatic heterocycles. The van der Waals surface area contributed by atoms with Crippen molar-refractivity contribution in [1.82, 2.24) is 4.98 Å². The summed E-state index contributed by atoms with van der Waals surface area (Å²) in [6, 6.07) is 19.7. The zero-order valence-corrected chi connectivity index (χ0v) is 16.2. The van der Waals surface area contributed by atoms with Gasteiger partial charge in [-0.2, -0.15) is 0 Å². The van der Waals surface area contributed by atoms with Crippen molar-refractivity contribution in [1.29, 1.82) is 0 Å². The number of thiazole rings is 1. The molecule has 1 N–H and O–H groups in total. The summed E-state index contributed by atoms with van der Waals surface area (Å²) in [7, 11) is 1.58. The minimum Gasteiger partial charge on any atom is -0.493 e. The summed E-state index contributed by atoms with van der Waals surface area (Å²) in [5.74, 6) is 0.490. The van der Waals surface area contributed by atoms with Gasteiger partial charge in [-0.3, -0.25) is 10.1 Å². The Hall–Kier alpha value is -3.64. The lowest BCUT2D eigenvalue weighted by atomic mass is 10.0. The Balaban J connectivity index is 1.36. The molecule has 3 aromatic carbocycles. The zero-order valence-electron chi connectivity index (χ0n) is 15.4. The van der Waals surface area contributed by atoms with E-state index in [9.17, 15) is 4.79 Å². The molecule has 5 nitrogen and oxygen atoms in total. The second-order valence-electron chi connectivity index (χ2n) is 6.85. The van der Waals surface area contributed by atoms with Gasteiger partial charge >= 0.3 is 0 Å². The van der Waals surface area contributed by atoms with Crippen LogP contribution in [0.3, 0.4) is 0 Å². The molecule has 1 amide bonds. The van der Waals surface area contributed by atoms with Crippen LogP contribution in [0.1, 0.15) is 10.6 Å². The van der Waals surface area contributed by atoms with Gasteiger partial charge in [-0.25, -0.2) is 4.98 Å². The fourth-order valence-electron chi connectivity index (χ4n) is 3.93. The van der Waals surface area contributed by atoms with E-state index in [4.69, 9.17) is 14.1 Å². The number of carbonyl (C=O) groups is 1. The highest BCUT2D eigenvalue weighted by atomic mass is 32.1. The number of hydrogen-bond donors (Lipinski definition) is 1. The van der Waals surface area contributed by atoms with Crippen molar-refractivity contribution in [2.24, 2.45) is 0 Å². The van der Waals surface area contributed by atoms with E-state index >= 15 is 0 Å². The number of ether oxygens (including phenoxy) is 1. The zero-order chi connectivity index (χ0) is 19.5. The first-order valence-corrected chi connectivity index (χ1v) is 9.96. The Kier molecular flexibility index (Phi) is 3.34. The number of anilines is 1. The van der Waals surface area contributed by atoms with E-state index < -0.39 is 0 Å². The number of para-hydroxylation sites is 1. The van der Waals surface area contributed by atoms with Crippen molar-refractivity contribution >= 4 is 44.1 Å². The molecule has 5 aromatic rings. The minimum atomic E-state index is -0.331. The van der Waals surface area contributed by atoms with Crippen LogP contribution in [0.25, 0.3) is 43.4 Å². The van der Waals surface area contributed by atoms with Crippen LogP contribution in [0, 0.1) is 0 Å². The van der Waals surface area contributed by atoms with Crippen molar-refractivity contribution in [3.05, 3.63) is 66.4 Å². The molecule has 0 unspecified atom stereocenters. The third-order valence-corrected chi connectivity index (χ3v) is 6.21. The second kappa shape index (κ2) is 5.93. The van der Waals surface area contributed by atoms with Gasteiger partial charge in [0.1, 0.15) is 0 Å². The SMILES string of the molecule is COc1cccc2cc(C(=O)Nc3nc4c(s3)-c3cccc5cccc-4c35)oc12. The molecule has 6 rings (SSSR count). The lowest BCUT2D eigenvalue weighted by Crippen LogP contribution is -2.10. The van der Waals surface area contributed by atoms with E-state index in [0.717, 1.165) is 21.5 Å². The van der Waals surface area contributed by atoms with Crippen LogP contribution >= 0.6 is 11.3 Å². The Morgan fingerprint density at radius 2 is 1.79 bits per heavy atom. The normalized spacial score (nSPS) is 11.8. The van der Waals surface area contributed by atoms with Crippen LogP contribution in [0.15, 0.2) is 65.1 Å². The summed E-state index contributed by atoms with van der Waals surface area (Å²) >= 11 is 1.48. The highest BCUT2D eigenvalue weighted by molar-refractivity contribution is 7.20. The molecule has 2 aromatic heterocycles. The van der Waals surface area contributed by atoms with Gasteiger partial charge in [-0.15, -0.1) is 0 Å². The molecule has 6 heteroatoms. The van der Waals surface area contributed by atoms with Gasteiger partial charge in [0.25, 0.3) is 5.91 Å². The fourth-order valence-corrected chi connectivity index (χ4v) is 4.94. The maximum absolute atomic E-state index is 12.8. The molecular formula is C23H14N2O3S. The van der Waals surface area contributed by atoms with Gasteiger partial charge in [0.05, 0.1) is 17.7 Å². The van der Waals surface area contributed by atoms with E-state index in [1.54, 1.807) is 19.2 Å². The number of carbonyl (C=O) groups excluding carboxylic acids is 1. The quantitative estimate of drug-likeness (QED) is 0.400. The van der Waals surface area contributed by atoms with Crippen LogP contribution in [-0.4, -0.2) is 18.0 Å². The molecule has 0 spiro atoms. The monoisotopic (exact) mass is 398 g/mol. The first-order chi connectivity index (χ1) is 14.2. The summed E-state index contributed by atoms with van der Waals surface area (Å²) in [4.78, 5) is 18.6. The maximum atomic E-state index is 12.8. The van der Waals surface area contributed by atoms with E-state index in [1.807, 2.05) is 18.2 Å². The molecule has 29 heavy (non-hydrogen) atoms. The Labute approximate surface area is 169 Å². The number of fused-ring (bicyclic) bond motifs is 4. The Bertz CT molecular complexity index is 1390. The highest BCUT2D eigenvalue weighted by Crippen LogP contribution is 2.50. The molecule has 0 radical (unpaired) electrons. The van der Waals surface area contributed by atoms with Crippen molar-refractivity contribution in [3.8, 4) is 27.4 Å². The molecular weight excluding hydrogens is 384 g/mol. The number of aromatic nitrogens is 1. The third kappa shape index (κ3) is 2.33. The van der Waals surface area contributed by atoms with Gasteiger partial charge in [-0.05, 0) is 22.9 Å². The first kappa shape index (κ1) is 16.3. The predicted octanol–water partition coefficient (Wildman–Crippen LogP) is 5.95. The summed E-state index contributed by atoms with van der Waals surface area (Å²) in [5, 5.41) is 6.68. The number of rotatable bonds is 3. The first-order valence-electron chi connectivity index (χ1n) is 9.14. The molecule has 0 saturated carbocycles. The lowest BCUT2D eigenvalue weighted by molar-refractivity contribution is 0.0998. The van der Waals surface area contributed by atoms with E-state index in [0.29, 0.717) is 16.5 Å². The summed E-state index contributed by atoms with van der Waals surface area (Å²) in [6.07, 6.45) is 0. The molecule has 0 bridgehead atoms. The van der Waals surface area contributed by atoms with Gasteiger partial charge in [-0.1, -0.05) is 59.9 Å². The fraction of sp³-hybridized carbons (Fsp3) is 0.0435. The molecule has 0 fully saturated rings. The molecule has 1 aliphatic rings. The molecule has 140 valence electrons. The summed E-state index contributed by atoms with van der Waals surface area (Å²) < 4.78 is 11.0. The summed E-state index contributed by atoms with van der Waals surface area (Å²) in [5.41, 5.74) is 3.75. The van der Waals surface area contributed by atoms with Gasteiger partial charge in [0.2, 0.25) is 0 Å². The number of nitrogens with zero attached hydrogens (tertiary/aromatic N) is 1. The topological polar surface area (TPSA) is 64.4 Å². The maximum Gasteiger partial charge on any atom is 0.293 e. The molecule has 1 aliphatic carbocycles. The standard InChI is InChI=1S/C23H14N2O3S/c1-27-16-10-4-7-13-11-17(28-20(13)16)22(26)25-23-24-19-14-8-2-5-12-6-3-9-15(18(12)14)21(19)29-23/h2-11H,1H3,(H,24,25,26). The number of furan rings is 1. The third-order valence-electron chi connectivity index (χ3n) is 5.20. The van der Waals surface area contributed by atoms with Crippen LogP contribution in [-0.2, 0) is 0 Å². The second-order valence-corrected chi connectivity index (χ2v) is 7.85. The van der Waals surface area contributed by atoms with E-state index in [2.05, 4.69) is 35.6 Å². The van der Waals surface area contributed by atoms with E-state index in [-0.39, 0.29) is 11.7 Å². The van der Waals surface area contributed by atoms with Crippen LogP contribution in [0.5, 0.6) is 5.75 Å². The van der Waals surface area contributed by atoms with Crippen molar-refractivity contribution < 1.29 is 13.9 Å². The van der Waals surface area contributed by atoms with E-state index in [1.165, 1.54) is 27.7 Å². The van der Waals surface area contributed by atoms with Crippen molar-refractivity contribution in [3.63, 3.8) is 0 Å². The Morgan fingerprint density at radius 3 is 2.62 bits per heavy atom. The molecule has 2 heterocycles. The molecule has 0 atom stereocenters. The van der Waals surface area contributed by atoms with Crippen LogP contribution in [0.4, 0.5) is 5.13 Å². The average Bonchev–Trinajstić information content (AvgIpc) is 3.43. The number of methoxy groups -OCH3 is 1. The Morgan fingerprint density at radius 1 is 1.03 bits per heavy atom. The van der Waals surface area contributed by atoms with Gasteiger partial charge in [0, 0.05) is 16.5 Å². The number of nitrogens with one attached hydrogen (secondary N) is 1. The van der Waals surface area contributed by atoms with Crippen LogP contribution < -0.4 is 10.1 Å². The average molecular weight is 398 g/mol. The number of amides is 1. The molecule has 0 saturated heterocycles. The van der Waals surface area contributed by atoms with Gasteiger partial charge in [0.15, 0.2) is 22.2 Å². The van der Waals surface area contributed by atoms with Gasteiger partial charge < -0.3 is 9.15 Å². The predicted molar refractivity (Wildman–Crippen MR) is 115 cm³/mol. The largest absolute Gasteiger partial charge is 0.493 e. The highest BCUT2D eigenvalue weighted by Gasteiger charge is 2.26. The summed E-state index contributed by atoms with van der Waals surface area (Å²) in [6.45, 7) is 0. The smallest absolute Gasteiger partial charge is 0.293 e. The number of benzene rings is 3. The lowest BCUT2D eigenvalue weighted by Gasteiger charge is -2.02. The minimum absolute atomic E-state index is 0.224. The van der Waals surface area contributed by atoms with Crippen molar-refractivity contribution in [2.75, 3.05) is 12.4 Å². The number of hydrogen-bond acceptors (Lipinski definition) is 5. The van der Waals surface area contributed by atoms with Crippen LogP contribution in [0.2, 0.25) is 0 Å².